The van der Waals surface area contributed by atoms with Gasteiger partial charge in [0.25, 0.3) is 11.8 Å². The van der Waals surface area contributed by atoms with E-state index in [1.54, 1.807) is 6.07 Å². The number of aromatic amines is 1. The molecule has 1 saturated carbocycles. The van der Waals surface area contributed by atoms with Crippen molar-refractivity contribution in [1.29, 1.82) is 0 Å². The highest BCUT2D eigenvalue weighted by atomic mass is 16.5. The van der Waals surface area contributed by atoms with E-state index in [9.17, 15) is 4.79 Å². The first-order valence-electron chi connectivity index (χ1n) is 9.46. The van der Waals surface area contributed by atoms with Crippen LogP contribution in [0.25, 0.3) is 11.3 Å². The van der Waals surface area contributed by atoms with Gasteiger partial charge in [-0.3, -0.25) is 9.89 Å². The van der Waals surface area contributed by atoms with E-state index < -0.39 is 5.54 Å². The van der Waals surface area contributed by atoms with Gasteiger partial charge in [0, 0.05) is 12.0 Å². The van der Waals surface area contributed by atoms with Crippen LogP contribution in [0, 0.1) is 0 Å². The predicted octanol–water partition coefficient (Wildman–Crippen LogP) is 3.61. The van der Waals surface area contributed by atoms with Crippen LogP contribution in [0.1, 0.15) is 61.2 Å². The van der Waals surface area contributed by atoms with Gasteiger partial charge < -0.3 is 9.84 Å². The van der Waals surface area contributed by atoms with Crippen LogP contribution < -0.4 is 5.32 Å². The Bertz CT molecular complexity index is 909. The Morgan fingerprint density at radius 1 is 1.22 bits per heavy atom. The van der Waals surface area contributed by atoms with Crippen molar-refractivity contribution >= 4 is 5.91 Å². The molecule has 0 spiro atoms. The lowest BCUT2D eigenvalue weighted by molar-refractivity contribution is 0.0819. The van der Waals surface area contributed by atoms with Crippen LogP contribution in [0.4, 0.5) is 0 Å². The Hall–Kier alpha value is -2.96. The molecule has 27 heavy (non-hydrogen) atoms. The SMILES string of the molecule is CCc1noc(C2(NC(=O)c3cc(-c4ccccc4)n[nH]3)CCCCC2)n1. The molecular weight excluding hydrogens is 342 g/mol. The number of hydrogen-bond acceptors (Lipinski definition) is 5. The highest BCUT2D eigenvalue weighted by Gasteiger charge is 2.41. The highest BCUT2D eigenvalue weighted by Crippen LogP contribution is 2.36. The molecule has 2 heterocycles. The van der Waals surface area contributed by atoms with Crippen molar-refractivity contribution in [3.05, 3.63) is 53.8 Å². The van der Waals surface area contributed by atoms with Gasteiger partial charge in [0.2, 0.25) is 0 Å². The van der Waals surface area contributed by atoms with Crippen LogP contribution in [0.5, 0.6) is 0 Å². The molecule has 1 aliphatic rings. The monoisotopic (exact) mass is 365 g/mol. The Morgan fingerprint density at radius 2 is 2.00 bits per heavy atom. The van der Waals surface area contributed by atoms with Crippen molar-refractivity contribution in [3.63, 3.8) is 0 Å². The number of rotatable bonds is 5. The van der Waals surface area contributed by atoms with Crippen LogP contribution >= 0.6 is 0 Å². The summed E-state index contributed by atoms with van der Waals surface area (Å²) in [4.78, 5) is 17.4. The predicted molar refractivity (Wildman–Crippen MR) is 99.9 cm³/mol. The number of nitrogens with one attached hydrogen (secondary N) is 2. The van der Waals surface area contributed by atoms with E-state index in [2.05, 4.69) is 25.7 Å². The average Bonchev–Trinajstić information content (AvgIpc) is 3.39. The van der Waals surface area contributed by atoms with Gasteiger partial charge in [-0.25, -0.2) is 0 Å². The number of nitrogens with zero attached hydrogens (tertiary/aromatic N) is 3. The zero-order valence-corrected chi connectivity index (χ0v) is 15.4. The number of aromatic nitrogens is 4. The third-order valence-corrected chi connectivity index (χ3v) is 5.15. The van der Waals surface area contributed by atoms with Crippen LogP contribution in [-0.4, -0.2) is 26.2 Å². The van der Waals surface area contributed by atoms with Crippen molar-refractivity contribution in [2.45, 2.75) is 51.0 Å². The van der Waals surface area contributed by atoms with Crippen molar-refractivity contribution in [1.82, 2.24) is 25.7 Å². The minimum atomic E-state index is -0.603. The fourth-order valence-corrected chi connectivity index (χ4v) is 3.62. The van der Waals surface area contributed by atoms with Crippen molar-refractivity contribution in [2.75, 3.05) is 0 Å². The largest absolute Gasteiger partial charge is 0.337 e. The molecule has 2 aromatic heterocycles. The van der Waals surface area contributed by atoms with Crippen LogP contribution in [0.2, 0.25) is 0 Å². The molecule has 1 amide bonds. The molecule has 0 radical (unpaired) electrons. The molecule has 2 N–H and O–H groups in total. The maximum absolute atomic E-state index is 12.9. The van der Waals surface area contributed by atoms with E-state index in [-0.39, 0.29) is 5.91 Å². The Labute approximate surface area is 157 Å². The van der Waals surface area contributed by atoms with Crippen LogP contribution in [0.15, 0.2) is 40.9 Å². The number of H-pyrrole nitrogens is 1. The number of hydrogen-bond donors (Lipinski definition) is 2. The lowest BCUT2D eigenvalue weighted by atomic mass is 9.81. The standard InChI is InChI=1S/C20H23N5O2/c1-2-17-21-19(27-25-17)20(11-7-4-8-12-20)22-18(26)16-13-15(23-24-16)14-9-5-3-6-10-14/h3,5-6,9-10,13H,2,4,7-8,11-12H2,1H3,(H,22,26)(H,23,24). The summed E-state index contributed by atoms with van der Waals surface area (Å²) in [7, 11) is 0. The van der Waals surface area contributed by atoms with E-state index in [4.69, 9.17) is 4.52 Å². The summed E-state index contributed by atoms with van der Waals surface area (Å²) in [5.74, 6) is 0.968. The minimum Gasteiger partial charge on any atom is -0.337 e. The molecule has 1 aliphatic carbocycles. The molecule has 3 aromatic rings. The zero-order valence-electron chi connectivity index (χ0n) is 15.4. The summed E-state index contributed by atoms with van der Waals surface area (Å²) in [6.07, 6.45) is 5.47. The smallest absolute Gasteiger partial charge is 0.270 e. The summed E-state index contributed by atoms with van der Waals surface area (Å²) in [6, 6.07) is 11.5. The van der Waals surface area contributed by atoms with Crippen LogP contribution in [0.3, 0.4) is 0 Å². The molecule has 4 rings (SSSR count). The maximum Gasteiger partial charge on any atom is 0.270 e. The Balaban J connectivity index is 1.58. The number of carbonyl (C=O) groups excluding carboxylic acids is 1. The summed E-state index contributed by atoms with van der Waals surface area (Å²) in [6.45, 7) is 1.98. The Kier molecular flexibility index (Phi) is 4.75. The van der Waals surface area contributed by atoms with Crippen molar-refractivity contribution < 1.29 is 9.32 Å². The average molecular weight is 365 g/mol. The van der Waals surface area contributed by atoms with E-state index in [0.29, 0.717) is 23.8 Å². The van der Waals surface area contributed by atoms with Gasteiger partial charge >= 0.3 is 0 Å². The molecule has 7 heteroatoms. The molecule has 0 aliphatic heterocycles. The summed E-state index contributed by atoms with van der Waals surface area (Å²) in [5.41, 5.74) is 1.52. The highest BCUT2D eigenvalue weighted by molar-refractivity contribution is 5.93. The van der Waals surface area contributed by atoms with Gasteiger partial charge in [0.1, 0.15) is 11.2 Å². The normalized spacial score (nSPS) is 16.2. The number of benzene rings is 1. The quantitative estimate of drug-likeness (QED) is 0.720. The second kappa shape index (κ2) is 7.34. The molecule has 1 fully saturated rings. The molecular formula is C20H23N5O2. The molecule has 1 aromatic carbocycles. The van der Waals surface area contributed by atoms with Gasteiger partial charge in [-0.15, -0.1) is 0 Å². The maximum atomic E-state index is 12.9. The van der Waals surface area contributed by atoms with Gasteiger partial charge in [0.15, 0.2) is 5.82 Å². The van der Waals surface area contributed by atoms with Crippen molar-refractivity contribution in [2.24, 2.45) is 0 Å². The lowest BCUT2D eigenvalue weighted by Gasteiger charge is -2.34. The molecule has 7 nitrogen and oxygen atoms in total. The van der Waals surface area contributed by atoms with Gasteiger partial charge in [-0.2, -0.15) is 10.1 Å². The second-order valence-electron chi connectivity index (χ2n) is 7.00. The fraction of sp³-hybridized carbons (Fsp3) is 0.400. The fourth-order valence-electron chi connectivity index (χ4n) is 3.62. The molecule has 0 saturated heterocycles. The van der Waals surface area contributed by atoms with Gasteiger partial charge in [-0.05, 0) is 18.9 Å². The lowest BCUT2D eigenvalue weighted by Crippen LogP contribution is -2.47. The summed E-state index contributed by atoms with van der Waals surface area (Å²) < 4.78 is 5.51. The van der Waals surface area contributed by atoms with Crippen LogP contribution in [-0.2, 0) is 12.0 Å². The second-order valence-corrected chi connectivity index (χ2v) is 7.00. The topological polar surface area (TPSA) is 96.7 Å². The van der Waals surface area contributed by atoms with E-state index in [0.717, 1.165) is 43.4 Å². The summed E-state index contributed by atoms with van der Waals surface area (Å²) >= 11 is 0. The third-order valence-electron chi connectivity index (χ3n) is 5.15. The van der Waals surface area contributed by atoms with E-state index in [1.165, 1.54) is 0 Å². The number of aryl methyl sites for hydroxylation is 1. The van der Waals surface area contributed by atoms with Gasteiger partial charge in [-0.1, -0.05) is 61.7 Å². The molecule has 0 atom stereocenters. The number of amides is 1. The molecule has 0 bridgehead atoms. The molecule has 140 valence electrons. The van der Waals surface area contributed by atoms with E-state index >= 15 is 0 Å². The van der Waals surface area contributed by atoms with Crippen molar-refractivity contribution in [3.8, 4) is 11.3 Å². The summed E-state index contributed by atoms with van der Waals surface area (Å²) in [5, 5.41) is 14.3. The minimum absolute atomic E-state index is 0.206. The van der Waals surface area contributed by atoms with Gasteiger partial charge in [0.05, 0.1) is 5.69 Å². The van der Waals surface area contributed by atoms with E-state index in [1.807, 2.05) is 37.3 Å². The zero-order chi connectivity index (χ0) is 18.7. The Morgan fingerprint density at radius 3 is 2.70 bits per heavy atom. The first kappa shape index (κ1) is 17.5. The first-order valence-corrected chi connectivity index (χ1v) is 9.46. The molecule has 0 unspecified atom stereocenters. The number of carbonyl (C=O) groups is 1. The third kappa shape index (κ3) is 3.49. The first-order chi connectivity index (χ1) is 13.2.